The number of nitrogen functional groups attached to an aromatic ring is 1. The third kappa shape index (κ3) is 2.62. The lowest BCUT2D eigenvalue weighted by Gasteiger charge is -2.17. The Labute approximate surface area is 113 Å². The van der Waals surface area contributed by atoms with E-state index in [4.69, 9.17) is 5.73 Å². The minimum atomic E-state index is -0.210. The van der Waals surface area contributed by atoms with E-state index in [-0.39, 0.29) is 17.9 Å². The number of carbonyl (C=O) groups is 1. The fraction of sp³-hybridized carbons (Fsp3) is 0.615. The highest BCUT2D eigenvalue weighted by Crippen LogP contribution is 2.23. The molecule has 104 valence electrons. The second-order valence-corrected chi connectivity index (χ2v) is 5.34. The molecular formula is C13H21N5O. The largest absolute Gasteiger partial charge is 0.383 e. The van der Waals surface area contributed by atoms with Gasteiger partial charge in [0.25, 0.3) is 0 Å². The van der Waals surface area contributed by atoms with E-state index in [1.807, 2.05) is 27.8 Å². The van der Waals surface area contributed by atoms with Crippen LogP contribution in [0.25, 0.3) is 0 Å². The molecule has 0 aromatic carbocycles. The molecule has 0 radical (unpaired) electrons. The second kappa shape index (κ2) is 5.03. The van der Waals surface area contributed by atoms with Crippen molar-refractivity contribution in [2.45, 2.75) is 39.2 Å². The third-order valence-corrected chi connectivity index (χ3v) is 3.46. The van der Waals surface area contributed by atoms with Crippen LogP contribution in [0, 0.1) is 6.92 Å². The van der Waals surface area contributed by atoms with Gasteiger partial charge in [-0.25, -0.2) is 9.97 Å². The highest BCUT2D eigenvalue weighted by atomic mass is 16.2. The maximum Gasteiger partial charge on any atom is 0.244 e. The SMILES string of the molecule is Cc1c(N)nc(C(C)C)nc1NC1CCN(C)C1=O. The maximum absolute atomic E-state index is 11.9. The number of aromatic nitrogens is 2. The number of nitrogens with one attached hydrogen (secondary N) is 1. The molecule has 1 atom stereocenters. The van der Waals surface area contributed by atoms with E-state index in [0.717, 1.165) is 18.5 Å². The van der Waals surface area contributed by atoms with Crippen LogP contribution in [0.2, 0.25) is 0 Å². The molecule has 0 aliphatic carbocycles. The summed E-state index contributed by atoms with van der Waals surface area (Å²) < 4.78 is 0. The zero-order chi connectivity index (χ0) is 14.2. The van der Waals surface area contributed by atoms with Gasteiger partial charge in [0.05, 0.1) is 0 Å². The number of hydrogen-bond acceptors (Lipinski definition) is 5. The molecule has 2 heterocycles. The van der Waals surface area contributed by atoms with E-state index in [1.165, 1.54) is 0 Å². The monoisotopic (exact) mass is 263 g/mol. The first-order chi connectivity index (χ1) is 8.90. The maximum atomic E-state index is 11.9. The van der Waals surface area contributed by atoms with E-state index in [0.29, 0.717) is 17.5 Å². The molecule has 1 aliphatic rings. The van der Waals surface area contributed by atoms with Crippen LogP contribution in [0.5, 0.6) is 0 Å². The van der Waals surface area contributed by atoms with Gasteiger partial charge in [-0.1, -0.05) is 13.8 Å². The molecule has 1 fully saturated rings. The molecule has 0 bridgehead atoms. The van der Waals surface area contributed by atoms with E-state index in [1.54, 1.807) is 4.90 Å². The van der Waals surface area contributed by atoms with E-state index in [2.05, 4.69) is 15.3 Å². The molecular weight excluding hydrogens is 242 g/mol. The molecule has 0 spiro atoms. The first kappa shape index (κ1) is 13.6. The van der Waals surface area contributed by atoms with Crippen molar-refractivity contribution >= 4 is 17.5 Å². The Kier molecular flexibility index (Phi) is 3.59. The molecule has 1 unspecified atom stereocenters. The molecule has 19 heavy (non-hydrogen) atoms. The van der Waals surface area contributed by atoms with Gasteiger partial charge in [-0.3, -0.25) is 4.79 Å². The van der Waals surface area contributed by atoms with Crippen LogP contribution in [-0.2, 0) is 4.79 Å². The van der Waals surface area contributed by atoms with Gasteiger partial charge in [-0.15, -0.1) is 0 Å². The highest BCUT2D eigenvalue weighted by Gasteiger charge is 2.29. The van der Waals surface area contributed by atoms with Crippen LogP contribution in [0.1, 0.15) is 37.6 Å². The summed E-state index contributed by atoms with van der Waals surface area (Å²) in [6.45, 7) is 6.67. The van der Waals surface area contributed by atoms with Crippen molar-refractivity contribution in [1.82, 2.24) is 14.9 Å². The van der Waals surface area contributed by atoms with Crippen molar-refractivity contribution in [2.75, 3.05) is 24.6 Å². The molecule has 1 saturated heterocycles. The predicted octanol–water partition coefficient (Wildman–Crippen LogP) is 1.13. The average molecular weight is 263 g/mol. The van der Waals surface area contributed by atoms with Gasteiger partial charge < -0.3 is 16.0 Å². The Morgan fingerprint density at radius 3 is 2.63 bits per heavy atom. The van der Waals surface area contributed by atoms with Crippen LogP contribution in [0.3, 0.4) is 0 Å². The predicted molar refractivity (Wildman–Crippen MR) is 74.9 cm³/mol. The van der Waals surface area contributed by atoms with Gasteiger partial charge in [0.2, 0.25) is 5.91 Å². The van der Waals surface area contributed by atoms with E-state index < -0.39 is 0 Å². The molecule has 1 aromatic heterocycles. The standard InChI is InChI=1S/C13H21N5O/c1-7(2)11-16-10(14)8(3)12(17-11)15-9-5-6-18(4)13(9)19/h7,9H,5-6H2,1-4H3,(H3,14,15,16,17). The third-order valence-electron chi connectivity index (χ3n) is 3.46. The minimum Gasteiger partial charge on any atom is -0.383 e. The summed E-state index contributed by atoms with van der Waals surface area (Å²) in [7, 11) is 1.81. The van der Waals surface area contributed by atoms with Crippen molar-refractivity contribution in [3.8, 4) is 0 Å². The van der Waals surface area contributed by atoms with Gasteiger partial charge in [-0.05, 0) is 13.3 Å². The number of likely N-dealkylation sites (N-methyl/N-ethyl adjacent to an activating group) is 1. The lowest BCUT2D eigenvalue weighted by atomic mass is 10.2. The number of nitrogens with zero attached hydrogens (tertiary/aromatic N) is 3. The average Bonchev–Trinajstić information content (AvgIpc) is 2.66. The number of likely N-dealkylation sites (tertiary alicyclic amines) is 1. The van der Waals surface area contributed by atoms with Gasteiger partial charge in [0, 0.05) is 25.1 Å². The van der Waals surface area contributed by atoms with Crippen molar-refractivity contribution in [1.29, 1.82) is 0 Å². The van der Waals surface area contributed by atoms with Crippen LogP contribution < -0.4 is 11.1 Å². The summed E-state index contributed by atoms with van der Waals surface area (Å²) in [6, 6.07) is -0.210. The zero-order valence-corrected chi connectivity index (χ0v) is 11.9. The van der Waals surface area contributed by atoms with Crippen LogP contribution in [0.15, 0.2) is 0 Å². The molecule has 1 aliphatic heterocycles. The van der Waals surface area contributed by atoms with Crippen LogP contribution in [-0.4, -0.2) is 40.4 Å². The Bertz CT molecular complexity index is 500. The number of anilines is 2. The fourth-order valence-corrected chi connectivity index (χ4v) is 2.07. The first-order valence-corrected chi connectivity index (χ1v) is 6.55. The number of carbonyl (C=O) groups excluding carboxylic acids is 1. The number of hydrogen-bond donors (Lipinski definition) is 2. The molecule has 1 amide bonds. The smallest absolute Gasteiger partial charge is 0.244 e. The Balaban J connectivity index is 2.27. The topological polar surface area (TPSA) is 84.1 Å². The summed E-state index contributed by atoms with van der Waals surface area (Å²) in [5.41, 5.74) is 6.71. The number of amides is 1. The number of rotatable bonds is 3. The van der Waals surface area contributed by atoms with Crippen molar-refractivity contribution < 1.29 is 4.79 Å². The molecule has 2 rings (SSSR count). The Morgan fingerprint density at radius 2 is 2.11 bits per heavy atom. The fourth-order valence-electron chi connectivity index (χ4n) is 2.07. The summed E-state index contributed by atoms with van der Waals surface area (Å²) in [6.07, 6.45) is 0.787. The van der Waals surface area contributed by atoms with Gasteiger partial charge in [0.15, 0.2) is 0 Å². The molecule has 1 aromatic rings. The normalized spacial score (nSPS) is 19.3. The van der Waals surface area contributed by atoms with Crippen LogP contribution in [0.4, 0.5) is 11.6 Å². The Hall–Kier alpha value is -1.85. The molecule has 6 nitrogen and oxygen atoms in total. The molecule has 3 N–H and O–H groups in total. The second-order valence-electron chi connectivity index (χ2n) is 5.34. The number of nitrogens with two attached hydrogens (primary N) is 1. The van der Waals surface area contributed by atoms with E-state index >= 15 is 0 Å². The lowest BCUT2D eigenvalue weighted by molar-refractivity contribution is -0.127. The zero-order valence-electron chi connectivity index (χ0n) is 11.9. The summed E-state index contributed by atoms with van der Waals surface area (Å²) in [5, 5.41) is 3.20. The first-order valence-electron chi connectivity index (χ1n) is 6.55. The van der Waals surface area contributed by atoms with Crippen LogP contribution >= 0.6 is 0 Å². The Morgan fingerprint density at radius 1 is 1.42 bits per heavy atom. The molecule has 0 saturated carbocycles. The quantitative estimate of drug-likeness (QED) is 0.854. The summed E-state index contributed by atoms with van der Waals surface area (Å²) in [5.74, 6) is 2.14. The van der Waals surface area contributed by atoms with Gasteiger partial charge in [-0.2, -0.15) is 0 Å². The molecule has 6 heteroatoms. The minimum absolute atomic E-state index is 0.0997. The van der Waals surface area contributed by atoms with Crippen molar-refractivity contribution in [2.24, 2.45) is 0 Å². The highest BCUT2D eigenvalue weighted by molar-refractivity contribution is 5.86. The van der Waals surface area contributed by atoms with Crippen molar-refractivity contribution in [3.63, 3.8) is 0 Å². The summed E-state index contributed by atoms with van der Waals surface area (Å²) >= 11 is 0. The lowest BCUT2D eigenvalue weighted by Crippen LogP contribution is -2.31. The van der Waals surface area contributed by atoms with E-state index in [9.17, 15) is 4.79 Å². The van der Waals surface area contributed by atoms with Gasteiger partial charge in [0.1, 0.15) is 23.5 Å². The van der Waals surface area contributed by atoms with Gasteiger partial charge >= 0.3 is 0 Å². The summed E-state index contributed by atoms with van der Waals surface area (Å²) in [4.78, 5) is 22.4. The van der Waals surface area contributed by atoms with Crippen molar-refractivity contribution in [3.05, 3.63) is 11.4 Å².